The van der Waals surface area contributed by atoms with Crippen LogP contribution in [0.1, 0.15) is 0 Å². The van der Waals surface area contributed by atoms with E-state index in [4.69, 9.17) is 9.97 Å². The van der Waals surface area contributed by atoms with Gasteiger partial charge >= 0.3 is 5.69 Å². The van der Waals surface area contributed by atoms with Crippen molar-refractivity contribution in [3.63, 3.8) is 0 Å². The second-order valence-electron chi connectivity index (χ2n) is 7.22. The number of rotatable bonds is 2. The summed E-state index contributed by atoms with van der Waals surface area (Å²) in [7, 11) is 3.10. The summed E-state index contributed by atoms with van der Waals surface area (Å²) in [6.07, 6.45) is 0. The topological polar surface area (TPSA) is 69.8 Å². The smallest absolute Gasteiger partial charge is 0.280 e. The Balaban J connectivity index is 1.91. The van der Waals surface area contributed by atoms with Gasteiger partial charge in [0.15, 0.2) is 0 Å². The van der Waals surface area contributed by atoms with Crippen molar-refractivity contribution in [3.05, 3.63) is 93.6 Å². The molecule has 0 saturated carbocycles. The van der Waals surface area contributed by atoms with E-state index in [1.807, 2.05) is 66.7 Å². The van der Waals surface area contributed by atoms with E-state index in [0.29, 0.717) is 16.7 Å². The maximum atomic E-state index is 12.8. The SMILES string of the molecule is Cn1c(=O)c2cc(-c3ccc4ccccc4n3)c(-c3ccccc3)nc2n(C)c1=O. The van der Waals surface area contributed by atoms with Crippen LogP contribution in [0.5, 0.6) is 0 Å². The van der Waals surface area contributed by atoms with Crippen LogP contribution in [-0.2, 0) is 14.1 Å². The van der Waals surface area contributed by atoms with Crippen LogP contribution in [0.25, 0.3) is 44.5 Å². The van der Waals surface area contributed by atoms with E-state index < -0.39 is 5.69 Å². The molecule has 3 heterocycles. The number of pyridine rings is 2. The normalized spacial score (nSPS) is 11.3. The van der Waals surface area contributed by atoms with Gasteiger partial charge < -0.3 is 0 Å². The summed E-state index contributed by atoms with van der Waals surface area (Å²) < 4.78 is 2.50. The highest BCUT2D eigenvalue weighted by atomic mass is 16.2. The third kappa shape index (κ3) is 2.73. The van der Waals surface area contributed by atoms with Crippen molar-refractivity contribution < 1.29 is 0 Å². The Kier molecular flexibility index (Phi) is 4.06. The lowest BCUT2D eigenvalue weighted by molar-refractivity contribution is 0.708. The summed E-state index contributed by atoms with van der Waals surface area (Å²) >= 11 is 0. The van der Waals surface area contributed by atoms with Crippen LogP contribution >= 0.6 is 0 Å². The summed E-state index contributed by atoms with van der Waals surface area (Å²) in [6.45, 7) is 0. The van der Waals surface area contributed by atoms with Crippen molar-refractivity contribution in [2.24, 2.45) is 14.1 Å². The maximum absolute atomic E-state index is 12.8. The average Bonchev–Trinajstić information content (AvgIpc) is 2.80. The predicted molar refractivity (Wildman–Crippen MR) is 118 cm³/mol. The Morgan fingerprint density at radius 2 is 1.50 bits per heavy atom. The second kappa shape index (κ2) is 6.77. The van der Waals surface area contributed by atoms with Crippen LogP contribution in [0.3, 0.4) is 0 Å². The van der Waals surface area contributed by atoms with Crippen molar-refractivity contribution >= 4 is 21.9 Å². The summed E-state index contributed by atoms with van der Waals surface area (Å²) in [5.74, 6) is 0. The van der Waals surface area contributed by atoms with Gasteiger partial charge in [-0.05, 0) is 18.2 Å². The van der Waals surface area contributed by atoms with E-state index in [0.717, 1.165) is 32.3 Å². The molecule has 0 amide bonds. The quantitative estimate of drug-likeness (QED) is 0.459. The lowest BCUT2D eigenvalue weighted by atomic mass is 10.0. The van der Waals surface area contributed by atoms with E-state index >= 15 is 0 Å². The Labute approximate surface area is 171 Å². The van der Waals surface area contributed by atoms with Crippen LogP contribution in [-0.4, -0.2) is 19.1 Å². The van der Waals surface area contributed by atoms with Crippen LogP contribution in [0, 0.1) is 0 Å². The van der Waals surface area contributed by atoms with E-state index in [9.17, 15) is 9.59 Å². The number of benzene rings is 2. The molecule has 6 nitrogen and oxygen atoms in total. The molecule has 0 aliphatic carbocycles. The van der Waals surface area contributed by atoms with Crippen LogP contribution in [0.15, 0.2) is 82.4 Å². The van der Waals surface area contributed by atoms with E-state index in [1.165, 1.54) is 11.6 Å². The number of nitrogens with zero attached hydrogens (tertiary/aromatic N) is 4. The minimum atomic E-state index is -0.407. The van der Waals surface area contributed by atoms with Gasteiger partial charge in [-0.15, -0.1) is 0 Å². The van der Waals surface area contributed by atoms with Crippen LogP contribution in [0.2, 0.25) is 0 Å². The third-order valence-electron chi connectivity index (χ3n) is 5.35. The average molecular weight is 394 g/mol. The summed E-state index contributed by atoms with van der Waals surface area (Å²) in [4.78, 5) is 34.8. The van der Waals surface area contributed by atoms with Gasteiger partial charge in [-0.2, -0.15) is 0 Å². The van der Waals surface area contributed by atoms with Gasteiger partial charge in [0.2, 0.25) is 0 Å². The molecule has 0 aliphatic heterocycles. The molecule has 0 atom stereocenters. The van der Waals surface area contributed by atoms with Crippen molar-refractivity contribution in [2.75, 3.05) is 0 Å². The Bertz CT molecular complexity index is 1550. The first-order valence-electron chi connectivity index (χ1n) is 9.57. The van der Waals surface area contributed by atoms with E-state index in [1.54, 1.807) is 13.1 Å². The first kappa shape index (κ1) is 18.0. The molecular weight excluding hydrogens is 376 g/mol. The first-order chi connectivity index (χ1) is 14.5. The maximum Gasteiger partial charge on any atom is 0.332 e. The van der Waals surface area contributed by atoms with Gasteiger partial charge in [-0.3, -0.25) is 13.9 Å². The molecule has 30 heavy (non-hydrogen) atoms. The largest absolute Gasteiger partial charge is 0.332 e. The fourth-order valence-electron chi connectivity index (χ4n) is 3.73. The minimum Gasteiger partial charge on any atom is -0.280 e. The number of hydrogen-bond donors (Lipinski definition) is 0. The molecule has 5 rings (SSSR count). The number of fused-ring (bicyclic) bond motifs is 2. The Morgan fingerprint density at radius 3 is 2.30 bits per heavy atom. The fourth-order valence-corrected chi connectivity index (χ4v) is 3.73. The molecule has 0 bridgehead atoms. The summed E-state index contributed by atoms with van der Waals surface area (Å²) in [6, 6.07) is 23.3. The van der Waals surface area contributed by atoms with Gasteiger partial charge in [0.1, 0.15) is 5.65 Å². The monoisotopic (exact) mass is 394 g/mol. The van der Waals surface area contributed by atoms with Gasteiger partial charge in [0.25, 0.3) is 5.56 Å². The molecule has 0 fully saturated rings. The molecule has 0 aliphatic rings. The van der Waals surface area contributed by atoms with Crippen LogP contribution in [0.4, 0.5) is 0 Å². The molecule has 5 aromatic rings. The zero-order valence-corrected chi connectivity index (χ0v) is 16.5. The molecule has 3 aromatic heterocycles. The molecule has 0 unspecified atom stereocenters. The highest BCUT2D eigenvalue weighted by Crippen LogP contribution is 2.32. The zero-order chi connectivity index (χ0) is 20.8. The Hall–Kier alpha value is -4.06. The standard InChI is InChI=1S/C24H18N4O2/c1-27-22-18(23(29)28(2)24(27)30)14-17(21(26-22)16-9-4-3-5-10-16)20-13-12-15-8-6-7-11-19(15)25-20/h3-14H,1-2H3. The summed E-state index contributed by atoms with van der Waals surface area (Å²) in [5.41, 5.74) is 3.46. The highest BCUT2D eigenvalue weighted by molar-refractivity contribution is 5.91. The first-order valence-corrected chi connectivity index (χ1v) is 9.57. The van der Waals surface area contributed by atoms with E-state index in [-0.39, 0.29) is 5.56 Å². The number of aryl methyl sites for hydroxylation is 1. The van der Waals surface area contributed by atoms with Gasteiger partial charge in [0, 0.05) is 30.6 Å². The molecule has 0 saturated heterocycles. The molecule has 2 aromatic carbocycles. The van der Waals surface area contributed by atoms with Crippen molar-refractivity contribution in [1.82, 2.24) is 19.1 Å². The molecule has 0 spiro atoms. The van der Waals surface area contributed by atoms with Crippen molar-refractivity contribution in [3.8, 4) is 22.5 Å². The molecule has 146 valence electrons. The number of hydrogen-bond acceptors (Lipinski definition) is 4. The second-order valence-corrected chi connectivity index (χ2v) is 7.22. The molecule has 0 radical (unpaired) electrons. The van der Waals surface area contributed by atoms with Crippen molar-refractivity contribution in [2.45, 2.75) is 0 Å². The molecular formula is C24H18N4O2. The number of aromatic nitrogens is 4. The fraction of sp³-hybridized carbons (Fsp3) is 0.0833. The lowest BCUT2D eigenvalue weighted by Crippen LogP contribution is -2.37. The highest BCUT2D eigenvalue weighted by Gasteiger charge is 2.17. The third-order valence-corrected chi connectivity index (χ3v) is 5.35. The predicted octanol–water partition coefficient (Wildman–Crippen LogP) is 3.51. The summed E-state index contributed by atoms with van der Waals surface area (Å²) in [5, 5.41) is 1.42. The van der Waals surface area contributed by atoms with Crippen LogP contribution < -0.4 is 11.2 Å². The molecule has 0 N–H and O–H groups in total. The van der Waals surface area contributed by atoms with Gasteiger partial charge in [-0.1, -0.05) is 54.6 Å². The van der Waals surface area contributed by atoms with E-state index in [2.05, 4.69) is 0 Å². The van der Waals surface area contributed by atoms with Gasteiger partial charge in [0.05, 0.1) is 22.3 Å². The van der Waals surface area contributed by atoms with Crippen molar-refractivity contribution in [1.29, 1.82) is 0 Å². The Morgan fingerprint density at radius 1 is 0.767 bits per heavy atom. The number of para-hydroxylation sites is 1. The zero-order valence-electron chi connectivity index (χ0n) is 16.5. The lowest BCUT2D eigenvalue weighted by Gasteiger charge is -2.13. The van der Waals surface area contributed by atoms with Gasteiger partial charge in [-0.25, -0.2) is 14.8 Å². The minimum absolute atomic E-state index is 0.353. The molecule has 6 heteroatoms.